The molecule has 24 heavy (non-hydrogen) atoms. The van der Waals surface area contributed by atoms with Gasteiger partial charge in [0.25, 0.3) is 0 Å². The first kappa shape index (κ1) is 24.3. The average molecular weight is 359 g/mol. The Morgan fingerprint density at radius 3 is 1.38 bits per heavy atom. The summed E-state index contributed by atoms with van der Waals surface area (Å²) >= 11 is 6.65. The van der Waals surface area contributed by atoms with Crippen molar-refractivity contribution in [3.05, 3.63) is 0 Å². The largest absolute Gasteiger partial charge is 0.119 e. The third kappa shape index (κ3) is 14.6. The van der Waals surface area contributed by atoms with E-state index >= 15 is 0 Å². The molecule has 0 spiro atoms. The maximum atomic E-state index is 6.65. The molecule has 146 valence electrons. The summed E-state index contributed by atoms with van der Waals surface area (Å²) < 4.78 is 0. The summed E-state index contributed by atoms with van der Waals surface area (Å²) in [7, 11) is 0. The smallest absolute Gasteiger partial charge is 0.0444 e. The van der Waals surface area contributed by atoms with Crippen molar-refractivity contribution >= 4 is 11.6 Å². The van der Waals surface area contributed by atoms with Gasteiger partial charge in [-0.25, -0.2) is 0 Å². The van der Waals surface area contributed by atoms with Gasteiger partial charge in [-0.1, -0.05) is 117 Å². The average Bonchev–Trinajstić information content (AvgIpc) is 2.54. The van der Waals surface area contributed by atoms with Gasteiger partial charge in [-0.15, -0.1) is 11.6 Å². The molecule has 1 heteroatoms. The Morgan fingerprint density at radius 2 is 1.00 bits per heavy atom. The highest BCUT2D eigenvalue weighted by atomic mass is 35.5. The lowest BCUT2D eigenvalue weighted by Crippen LogP contribution is -2.25. The molecule has 0 aliphatic carbocycles. The van der Waals surface area contributed by atoms with E-state index in [0.29, 0.717) is 5.92 Å². The minimum absolute atomic E-state index is 0.0191. The molecule has 0 radical (unpaired) electrons. The minimum atomic E-state index is 0.0191. The lowest BCUT2D eigenvalue weighted by atomic mass is 9.86. The lowest BCUT2D eigenvalue weighted by Gasteiger charge is -2.29. The van der Waals surface area contributed by atoms with Crippen molar-refractivity contribution in [2.75, 3.05) is 0 Å². The van der Waals surface area contributed by atoms with E-state index < -0.39 is 0 Å². The van der Waals surface area contributed by atoms with Gasteiger partial charge >= 0.3 is 0 Å². The summed E-state index contributed by atoms with van der Waals surface area (Å²) in [5.41, 5.74) is 0. The number of alkyl halides is 1. The first-order valence-corrected chi connectivity index (χ1v) is 11.6. The summed E-state index contributed by atoms with van der Waals surface area (Å²) in [6.07, 6.45) is 23.8. The maximum Gasteiger partial charge on any atom is 0.0444 e. The second kappa shape index (κ2) is 16.7. The molecule has 0 nitrogen and oxygen atoms in total. The van der Waals surface area contributed by atoms with Crippen LogP contribution in [0.25, 0.3) is 0 Å². The van der Waals surface area contributed by atoms with Crippen molar-refractivity contribution in [1.29, 1.82) is 0 Å². The molecule has 0 saturated carbocycles. The van der Waals surface area contributed by atoms with Gasteiger partial charge in [-0.2, -0.15) is 0 Å². The number of hydrogen-bond donors (Lipinski definition) is 0. The zero-order valence-electron chi connectivity index (χ0n) is 17.5. The van der Waals surface area contributed by atoms with Crippen LogP contribution in [0.15, 0.2) is 0 Å². The van der Waals surface area contributed by atoms with Crippen LogP contribution in [0.4, 0.5) is 0 Å². The Kier molecular flexibility index (Phi) is 16.9. The van der Waals surface area contributed by atoms with Gasteiger partial charge in [0.2, 0.25) is 0 Å². The molecule has 0 aromatic carbocycles. The van der Waals surface area contributed by atoms with Gasteiger partial charge in [-0.3, -0.25) is 0 Å². The Balaban J connectivity index is 3.25. The lowest BCUT2D eigenvalue weighted by molar-refractivity contribution is 0.359. The van der Waals surface area contributed by atoms with Crippen LogP contribution in [-0.4, -0.2) is 4.87 Å². The van der Waals surface area contributed by atoms with Gasteiger partial charge in [0, 0.05) is 4.87 Å². The van der Waals surface area contributed by atoms with Gasteiger partial charge in [0.1, 0.15) is 0 Å². The molecule has 0 amide bonds. The monoisotopic (exact) mass is 358 g/mol. The second-order valence-corrected chi connectivity index (χ2v) is 9.18. The molecule has 2 unspecified atom stereocenters. The predicted octanol–water partition coefficient (Wildman–Crippen LogP) is 9.29. The number of hydrogen-bond acceptors (Lipinski definition) is 0. The van der Waals surface area contributed by atoms with Gasteiger partial charge in [-0.05, 0) is 25.7 Å². The van der Waals surface area contributed by atoms with E-state index in [4.69, 9.17) is 11.6 Å². The Morgan fingerprint density at radius 1 is 0.625 bits per heavy atom. The number of rotatable bonds is 18. The molecular formula is C23H47Cl. The summed E-state index contributed by atoms with van der Waals surface area (Å²) in [6.45, 7) is 9.10. The van der Waals surface area contributed by atoms with E-state index in [-0.39, 0.29) is 4.87 Å². The normalized spacial score (nSPS) is 15.4. The van der Waals surface area contributed by atoms with E-state index in [0.717, 1.165) is 6.42 Å². The van der Waals surface area contributed by atoms with Crippen LogP contribution in [0, 0.1) is 5.92 Å². The zero-order chi connectivity index (χ0) is 18.1. The predicted molar refractivity (Wildman–Crippen MR) is 113 cm³/mol. The molecule has 0 aliphatic rings. The third-order valence-electron chi connectivity index (χ3n) is 5.76. The van der Waals surface area contributed by atoms with E-state index in [2.05, 4.69) is 27.7 Å². The summed E-state index contributed by atoms with van der Waals surface area (Å²) in [5, 5.41) is 0. The van der Waals surface area contributed by atoms with Gasteiger partial charge in [0.05, 0.1) is 0 Å². The molecule has 0 aliphatic heterocycles. The van der Waals surface area contributed by atoms with Crippen LogP contribution in [0.5, 0.6) is 0 Å². The van der Waals surface area contributed by atoms with E-state index in [1.54, 1.807) is 0 Å². The number of unbranched alkanes of at least 4 members (excludes halogenated alkanes) is 13. The van der Waals surface area contributed by atoms with E-state index in [1.807, 2.05) is 0 Å². The first-order valence-electron chi connectivity index (χ1n) is 11.2. The van der Waals surface area contributed by atoms with Crippen LogP contribution < -0.4 is 0 Å². The molecule has 0 heterocycles. The molecular weight excluding hydrogens is 312 g/mol. The van der Waals surface area contributed by atoms with Crippen molar-refractivity contribution in [2.24, 2.45) is 5.92 Å². The number of halogens is 1. The summed E-state index contributed by atoms with van der Waals surface area (Å²) in [5.74, 6) is 0.649. The van der Waals surface area contributed by atoms with Crippen LogP contribution in [0.3, 0.4) is 0 Å². The maximum absolute atomic E-state index is 6.65. The van der Waals surface area contributed by atoms with Crippen LogP contribution in [0.1, 0.15) is 137 Å². The zero-order valence-corrected chi connectivity index (χ0v) is 18.2. The van der Waals surface area contributed by atoms with Crippen LogP contribution in [0.2, 0.25) is 0 Å². The topological polar surface area (TPSA) is 0 Å². The minimum Gasteiger partial charge on any atom is -0.119 e. The molecule has 0 aromatic rings. The van der Waals surface area contributed by atoms with Crippen LogP contribution >= 0.6 is 11.6 Å². The molecule has 0 N–H and O–H groups in total. The first-order chi connectivity index (χ1) is 11.5. The quantitative estimate of drug-likeness (QED) is 0.169. The standard InChI is InChI=1S/C23H47Cl/c1-5-7-8-9-10-11-12-13-14-15-16-17-18-19-20-22(3)23(4,24)21-6-2/h22H,5-21H2,1-4H3. The van der Waals surface area contributed by atoms with E-state index in [9.17, 15) is 0 Å². The summed E-state index contributed by atoms with van der Waals surface area (Å²) in [4.78, 5) is 0.0191. The fourth-order valence-corrected chi connectivity index (χ4v) is 3.98. The van der Waals surface area contributed by atoms with Gasteiger partial charge in [0.15, 0.2) is 0 Å². The second-order valence-electron chi connectivity index (χ2n) is 8.31. The van der Waals surface area contributed by atoms with E-state index in [1.165, 1.54) is 103 Å². The molecule has 0 bridgehead atoms. The highest BCUT2D eigenvalue weighted by Gasteiger charge is 2.26. The Labute approximate surface area is 159 Å². The highest BCUT2D eigenvalue weighted by molar-refractivity contribution is 6.23. The van der Waals surface area contributed by atoms with Crippen molar-refractivity contribution < 1.29 is 0 Å². The molecule has 0 fully saturated rings. The third-order valence-corrected chi connectivity index (χ3v) is 6.32. The van der Waals surface area contributed by atoms with Crippen molar-refractivity contribution in [3.63, 3.8) is 0 Å². The Bertz CT molecular complexity index is 246. The molecule has 0 aromatic heterocycles. The van der Waals surface area contributed by atoms with Gasteiger partial charge < -0.3 is 0 Å². The van der Waals surface area contributed by atoms with Crippen molar-refractivity contribution in [2.45, 2.75) is 142 Å². The molecule has 0 rings (SSSR count). The summed E-state index contributed by atoms with van der Waals surface area (Å²) in [6, 6.07) is 0. The molecule has 0 saturated heterocycles. The highest BCUT2D eigenvalue weighted by Crippen LogP contribution is 2.33. The Hall–Kier alpha value is 0.290. The van der Waals surface area contributed by atoms with Crippen molar-refractivity contribution in [1.82, 2.24) is 0 Å². The van der Waals surface area contributed by atoms with Crippen molar-refractivity contribution in [3.8, 4) is 0 Å². The van der Waals surface area contributed by atoms with Crippen LogP contribution in [-0.2, 0) is 0 Å². The molecule has 2 atom stereocenters. The SMILES string of the molecule is CCCCCCCCCCCCCCCCC(C)C(C)(Cl)CCC. The fourth-order valence-electron chi connectivity index (χ4n) is 3.68. The fraction of sp³-hybridized carbons (Fsp3) is 1.00.